The van der Waals surface area contributed by atoms with Crippen molar-refractivity contribution in [1.82, 2.24) is 10.0 Å². The highest BCUT2D eigenvalue weighted by Gasteiger charge is 2.41. The molecule has 144 valence electrons. The first-order chi connectivity index (χ1) is 12.8. The Hall–Kier alpha value is -2.18. The van der Waals surface area contributed by atoms with E-state index in [-0.39, 0.29) is 6.61 Å². The van der Waals surface area contributed by atoms with Gasteiger partial charge in [-0.25, -0.2) is 9.80 Å². The Kier molecular flexibility index (Phi) is 5.40. The lowest BCUT2D eigenvalue weighted by Crippen LogP contribution is -2.50. The summed E-state index contributed by atoms with van der Waals surface area (Å²) in [6, 6.07) is 0. The summed E-state index contributed by atoms with van der Waals surface area (Å²) in [5, 5.41) is 8.41. The van der Waals surface area contributed by atoms with Crippen LogP contribution in [0.5, 0.6) is 0 Å². The van der Waals surface area contributed by atoms with Gasteiger partial charge >= 0.3 is 6.09 Å². The summed E-state index contributed by atoms with van der Waals surface area (Å²) < 4.78 is 5.20. The first-order valence-electron chi connectivity index (χ1n) is 8.58. The van der Waals surface area contributed by atoms with E-state index >= 15 is 0 Å². The van der Waals surface area contributed by atoms with Crippen molar-refractivity contribution >= 4 is 35.1 Å². The molecule has 0 spiro atoms. The molecule has 27 heavy (non-hydrogen) atoms. The van der Waals surface area contributed by atoms with E-state index in [0.717, 1.165) is 27.8 Å². The van der Waals surface area contributed by atoms with Crippen LogP contribution in [-0.4, -0.2) is 34.8 Å². The maximum Gasteiger partial charge on any atom is 0.433 e. The van der Waals surface area contributed by atoms with Gasteiger partial charge < -0.3 is 9.57 Å². The Morgan fingerprint density at radius 2 is 1.81 bits per heavy atom. The topological polar surface area (TPSA) is 54.4 Å². The van der Waals surface area contributed by atoms with Crippen molar-refractivity contribution in [2.24, 2.45) is 5.16 Å². The van der Waals surface area contributed by atoms with Gasteiger partial charge in [-0.15, -0.1) is 0 Å². The zero-order valence-corrected chi connectivity index (χ0v) is 17.4. The number of amides is 1. The number of ether oxygens (including phenoxy) is 1. The quantitative estimate of drug-likeness (QED) is 0.682. The summed E-state index contributed by atoms with van der Waals surface area (Å²) in [6.07, 6.45) is 4.15. The highest BCUT2D eigenvalue weighted by molar-refractivity contribution is 6.37. The lowest BCUT2D eigenvalue weighted by Gasteiger charge is -2.33. The fourth-order valence-corrected chi connectivity index (χ4v) is 3.64. The van der Waals surface area contributed by atoms with E-state index in [1.54, 1.807) is 24.2 Å². The molecule has 0 radical (unpaired) electrons. The van der Waals surface area contributed by atoms with Crippen LogP contribution < -0.4 is 0 Å². The van der Waals surface area contributed by atoms with Crippen LogP contribution in [0.15, 0.2) is 29.1 Å². The molecule has 0 aromatic heterocycles. The largest absolute Gasteiger partial charge is 0.448 e. The number of hydrazine groups is 1. The molecule has 2 aliphatic rings. The van der Waals surface area contributed by atoms with Crippen LogP contribution in [0.4, 0.5) is 4.79 Å². The number of amidine groups is 1. The molecule has 1 aromatic carbocycles. The number of fused-ring (bicyclic) bond motifs is 1. The molecular formula is C19H21Cl2N3O3. The van der Waals surface area contributed by atoms with Gasteiger partial charge in [-0.05, 0) is 63.0 Å². The molecule has 0 bridgehead atoms. The van der Waals surface area contributed by atoms with E-state index in [1.165, 1.54) is 5.01 Å². The second-order valence-electron chi connectivity index (χ2n) is 6.39. The van der Waals surface area contributed by atoms with Crippen LogP contribution >= 0.6 is 23.2 Å². The van der Waals surface area contributed by atoms with Crippen LogP contribution in [0.1, 0.15) is 36.1 Å². The molecule has 8 heteroatoms. The highest BCUT2D eigenvalue weighted by Crippen LogP contribution is 2.37. The number of allylic oxidation sites excluding steroid dienone is 2. The zero-order valence-electron chi connectivity index (χ0n) is 15.8. The molecule has 1 unspecified atom stereocenters. The van der Waals surface area contributed by atoms with Gasteiger partial charge in [0.2, 0.25) is 6.23 Å². The zero-order chi connectivity index (χ0) is 19.9. The van der Waals surface area contributed by atoms with E-state index in [2.05, 4.69) is 5.16 Å². The molecule has 1 amide bonds. The van der Waals surface area contributed by atoms with Crippen LogP contribution in [-0.2, 0) is 9.57 Å². The fourth-order valence-electron chi connectivity index (χ4n) is 3.21. The molecule has 0 N–H and O–H groups in total. The van der Waals surface area contributed by atoms with Crippen LogP contribution in [0.3, 0.4) is 0 Å². The second kappa shape index (κ2) is 7.44. The molecule has 1 atom stereocenters. The molecule has 0 aliphatic carbocycles. The first-order valence-corrected chi connectivity index (χ1v) is 9.34. The summed E-state index contributed by atoms with van der Waals surface area (Å²) in [4.78, 5) is 18.2. The molecule has 0 fully saturated rings. The van der Waals surface area contributed by atoms with E-state index < -0.39 is 12.3 Å². The number of nitrogens with zero attached hydrogens (tertiary/aromatic N) is 3. The Labute approximate surface area is 168 Å². The van der Waals surface area contributed by atoms with E-state index in [4.69, 9.17) is 32.8 Å². The van der Waals surface area contributed by atoms with Crippen LogP contribution in [0.25, 0.3) is 0 Å². The summed E-state index contributed by atoms with van der Waals surface area (Å²) >= 11 is 13.0. The number of carbonyl (C=O) groups is 1. The molecule has 2 heterocycles. The molecule has 3 rings (SSSR count). The molecule has 0 saturated carbocycles. The summed E-state index contributed by atoms with van der Waals surface area (Å²) in [6.45, 7) is 9.58. The molecule has 1 aromatic rings. The predicted octanol–water partition coefficient (Wildman–Crippen LogP) is 5.09. The Bertz CT molecular complexity index is 864. The maximum absolute atomic E-state index is 12.6. The SMILES string of the molecule is CCOC(=O)N1C=CC=C(C)C2ON=C(c3c(C)c(Cl)c(C)c(Cl)c3C)N21. The summed E-state index contributed by atoms with van der Waals surface area (Å²) in [7, 11) is 0. The Morgan fingerprint density at radius 3 is 2.41 bits per heavy atom. The monoisotopic (exact) mass is 409 g/mol. The van der Waals surface area contributed by atoms with Crippen molar-refractivity contribution in [3.8, 4) is 0 Å². The Balaban J connectivity index is 2.16. The molecule has 6 nitrogen and oxygen atoms in total. The Morgan fingerprint density at radius 1 is 1.19 bits per heavy atom. The van der Waals surface area contributed by atoms with Gasteiger partial charge in [-0.2, -0.15) is 5.01 Å². The van der Waals surface area contributed by atoms with Crippen LogP contribution in [0, 0.1) is 20.8 Å². The standard InChI is InChI=1S/C19H21Cl2N3O3/c1-6-26-19(25)23-9-7-8-10(2)18-24(23)17(22-27-18)14-11(3)15(20)13(5)16(21)12(14)4/h7-9,18H,6H2,1-5H3. The van der Waals surface area contributed by atoms with E-state index in [9.17, 15) is 4.79 Å². The van der Waals surface area contributed by atoms with E-state index in [1.807, 2.05) is 33.8 Å². The summed E-state index contributed by atoms with van der Waals surface area (Å²) in [5.41, 5.74) is 4.06. The second-order valence-corrected chi connectivity index (χ2v) is 7.15. The number of rotatable bonds is 2. The third-order valence-electron chi connectivity index (χ3n) is 4.63. The molecular weight excluding hydrogens is 389 g/mol. The minimum atomic E-state index is -0.572. The normalized spacial score (nSPS) is 18.6. The minimum absolute atomic E-state index is 0.252. The van der Waals surface area contributed by atoms with Crippen molar-refractivity contribution in [1.29, 1.82) is 0 Å². The van der Waals surface area contributed by atoms with Crippen molar-refractivity contribution in [2.45, 2.75) is 40.8 Å². The van der Waals surface area contributed by atoms with Gasteiger partial charge in [0.15, 0.2) is 5.84 Å². The molecule has 0 saturated heterocycles. The van der Waals surface area contributed by atoms with Crippen molar-refractivity contribution in [2.75, 3.05) is 6.61 Å². The van der Waals surface area contributed by atoms with Gasteiger partial charge in [0.1, 0.15) is 0 Å². The van der Waals surface area contributed by atoms with Crippen molar-refractivity contribution in [3.05, 3.63) is 56.2 Å². The number of benzene rings is 1. The number of hydrogen-bond donors (Lipinski definition) is 0. The van der Waals surface area contributed by atoms with Gasteiger partial charge in [-0.1, -0.05) is 34.4 Å². The number of oxime groups is 1. The third-order valence-corrected chi connectivity index (χ3v) is 5.77. The third kappa shape index (κ3) is 3.17. The summed E-state index contributed by atoms with van der Waals surface area (Å²) in [5.74, 6) is 0.450. The van der Waals surface area contributed by atoms with E-state index in [0.29, 0.717) is 15.9 Å². The lowest BCUT2D eigenvalue weighted by atomic mass is 9.98. The fraction of sp³-hybridized carbons (Fsp3) is 0.368. The number of halogens is 2. The van der Waals surface area contributed by atoms with Crippen LogP contribution in [0.2, 0.25) is 10.0 Å². The number of carbonyl (C=O) groups excluding carboxylic acids is 1. The lowest BCUT2D eigenvalue weighted by molar-refractivity contribution is -0.0403. The van der Waals surface area contributed by atoms with Gasteiger partial charge in [0, 0.05) is 21.8 Å². The first kappa shape index (κ1) is 19.6. The average molecular weight is 410 g/mol. The van der Waals surface area contributed by atoms with Gasteiger partial charge in [-0.3, -0.25) is 0 Å². The van der Waals surface area contributed by atoms with Crippen molar-refractivity contribution in [3.63, 3.8) is 0 Å². The maximum atomic E-state index is 12.6. The smallest absolute Gasteiger partial charge is 0.433 e. The van der Waals surface area contributed by atoms with Crippen molar-refractivity contribution < 1.29 is 14.4 Å². The minimum Gasteiger partial charge on any atom is -0.448 e. The van der Waals surface area contributed by atoms with Gasteiger partial charge in [0.05, 0.1) is 6.61 Å². The number of hydrogen-bond acceptors (Lipinski definition) is 5. The molecule has 2 aliphatic heterocycles. The highest BCUT2D eigenvalue weighted by atomic mass is 35.5. The average Bonchev–Trinajstić information content (AvgIpc) is 2.99. The van der Waals surface area contributed by atoms with Gasteiger partial charge in [0.25, 0.3) is 0 Å². The predicted molar refractivity (Wildman–Crippen MR) is 106 cm³/mol.